The molecule has 2 aromatic rings. The number of benzene rings is 1. The Morgan fingerprint density at radius 1 is 1.09 bits per heavy atom. The number of ketones is 1. The van der Waals surface area contributed by atoms with Crippen LogP contribution in [0.5, 0.6) is 0 Å². The highest BCUT2D eigenvalue weighted by Gasteiger charge is 2.52. The molecule has 1 aliphatic heterocycles. The Balaban J connectivity index is 1.36. The van der Waals surface area contributed by atoms with E-state index in [-0.39, 0.29) is 11.7 Å². The van der Waals surface area contributed by atoms with Gasteiger partial charge in [-0.25, -0.2) is 4.79 Å². The van der Waals surface area contributed by atoms with Gasteiger partial charge in [-0.1, -0.05) is 43.2 Å². The molecule has 2 aliphatic rings. The Kier molecular flexibility index (Phi) is 5.86. The summed E-state index contributed by atoms with van der Waals surface area (Å²) in [6.45, 7) is 3.49. The van der Waals surface area contributed by atoms with Gasteiger partial charge < -0.3 is 14.6 Å². The van der Waals surface area contributed by atoms with E-state index in [4.69, 9.17) is 4.74 Å². The molecular weight excluding hydrogens is 410 g/mol. The number of nitrogens with one attached hydrogen (secondary N) is 1. The monoisotopic (exact) mass is 437 g/mol. The van der Waals surface area contributed by atoms with Gasteiger partial charge in [0.1, 0.15) is 12.1 Å². The van der Waals surface area contributed by atoms with E-state index in [1.54, 1.807) is 6.07 Å². The zero-order chi connectivity index (χ0) is 22.9. The van der Waals surface area contributed by atoms with Crippen LogP contribution in [-0.4, -0.2) is 51.8 Å². The van der Waals surface area contributed by atoms with E-state index >= 15 is 0 Å². The van der Waals surface area contributed by atoms with E-state index < -0.39 is 30.7 Å². The van der Waals surface area contributed by atoms with Crippen LogP contribution in [-0.2, 0) is 20.9 Å². The summed E-state index contributed by atoms with van der Waals surface area (Å²) in [5, 5.41) is 2.72. The lowest BCUT2D eigenvalue weighted by Gasteiger charge is -2.19. The summed E-state index contributed by atoms with van der Waals surface area (Å²) in [6, 6.07) is 11.1. The largest absolute Gasteiger partial charge is 0.456 e. The first-order valence-electron chi connectivity index (χ1n) is 10.8. The molecule has 0 unspecified atom stereocenters. The number of carbonyl (C=O) groups excluding carboxylic acids is 4. The number of aryl methyl sites for hydroxylation is 1. The van der Waals surface area contributed by atoms with Crippen LogP contribution in [0, 0.1) is 13.8 Å². The van der Waals surface area contributed by atoms with Crippen LogP contribution in [0.25, 0.3) is 0 Å². The zero-order valence-corrected chi connectivity index (χ0v) is 18.3. The fourth-order valence-corrected chi connectivity index (χ4v) is 4.63. The van der Waals surface area contributed by atoms with Gasteiger partial charge in [-0.3, -0.25) is 19.3 Å². The molecule has 1 aromatic heterocycles. The number of hydrogen-bond acceptors (Lipinski definition) is 5. The van der Waals surface area contributed by atoms with E-state index in [9.17, 15) is 19.2 Å². The maximum absolute atomic E-state index is 12.7. The van der Waals surface area contributed by atoms with Crippen molar-refractivity contribution in [2.45, 2.75) is 51.6 Å². The van der Waals surface area contributed by atoms with Crippen LogP contribution in [0.3, 0.4) is 0 Å². The third-order valence-electron chi connectivity index (χ3n) is 6.41. The Morgan fingerprint density at radius 2 is 1.78 bits per heavy atom. The number of imide groups is 1. The quantitative estimate of drug-likeness (QED) is 0.408. The summed E-state index contributed by atoms with van der Waals surface area (Å²) in [4.78, 5) is 50.7. The second-order valence-corrected chi connectivity index (χ2v) is 8.55. The third-order valence-corrected chi connectivity index (χ3v) is 6.41. The van der Waals surface area contributed by atoms with Gasteiger partial charge in [0.05, 0.1) is 0 Å². The molecule has 1 saturated carbocycles. The van der Waals surface area contributed by atoms with Crippen molar-refractivity contribution in [2.24, 2.45) is 0 Å². The lowest BCUT2D eigenvalue weighted by Crippen LogP contribution is -2.44. The predicted octanol–water partition coefficient (Wildman–Crippen LogP) is 2.74. The first-order chi connectivity index (χ1) is 15.3. The third kappa shape index (κ3) is 4.04. The summed E-state index contributed by atoms with van der Waals surface area (Å²) in [6.07, 6.45) is 2.89. The number of hydrogen-bond donors (Lipinski definition) is 1. The van der Waals surface area contributed by atoms with Gasteiger partial charge in [0.15, 0.2) is 6.61 Å². The number of rotatable bonds is 7. The minimum Gasteiger partial charge on any atom is -0.456 e. The number of aromatic nitrogens is 1. The SMILES string of the molecule is Cc1cc(C(=O)COC(=O)CN2C(=O)NC3(CCCC3)C2=O)c(C)n1Cc1ccccc1. The smallest absolute Gasteiger partial charge is 0.326 e. The second-order valence-electron chi connectivity index (χ2n) is 8.55. The summed E-state index contributed by atoms with van der Waals surface area (Å²) in [7, 11) is 0. The van der Waals surface area contributed by atoms with E-state index in [1.165, 1.54) is 0 Å². The van der Waals surface area contributed by atoms with Crippen molar-refractivity contribution in [3.8, 4) is 0 Å². The summed E-state index contributed by atoms with van der Waals surface area (Å²) in [5.41, 5.74) is 2.47. The number of ether oxygens (including phenoxy) is 1. The van der Waals surface area contributed by atoms with Crippen molar-refractivity contribution >= 4 is 23.7 Å². The minimum absolute atomic E-state index is 0.324. The molecule has 3 amide bonds. The fourth-order valence-electron chi connectivity index (χ4n) is 4.63. The number of amides is 3. The van der Waals surface area contributed by atoms with Gasteiger partial charge >= 0.3 is 12.0 Å². The lowest BCUT2D eigenvalue weighted by molar-refractivity contribution is -0.146. The van der Waals surface area contributed by atoms with Gasteiger partial charge in [-0.15, -0.1) is 0 Å². The molecule has 8 nitrogen and oxygen atoms in total. The molecule has 0 radical (unpaired) electrons. The fraction of sp³-hybridized carbons (Fsp3) is 0.417. The van der Waals surface area contributed by atoms with E-state index in [0.29, 0.717) is 24.9 Å². The van der Waals surface area contributed by atoms with E-state index in [2.05, 4.69) is 5.32 Å². The summed E-state index contributed by atoms with van der Waals surface area (Å²) < 4.78 is 7.16. The highest BCUT2D eigenvalue weighted by molar-refractivity contribution is 6.09. The molecule has 8 heteroatoms. The molecule has 32 heavy (non-hydrogen) atoms. The number of nitrogens with zero attached hydrogens (tertiary/aromatic N) is 2. The number of urea groups is 1. The van der Waals surface area contributed by atoms with Crippen molar-refractivity contribution in [1.29, 1.82) is 0 Å². The van der Waals surface area contributed by atoms with Gasteiger partial charge in [0.2, 0.25) is 5.78 Å². The molecule has 4 rings (SSSR count). The molecule has 1 spiro atoms. The lowest BCUT2D eigenvalue weighted by atomic mass is 9.98. The molecular formula is C24H27N3O5. The van der Waals surface area contributed by atoms with Crippen molar-refractivity contribution < 1.29 is 23.9 Å². The first-order valence-corrected chi connectivity index (χ1v) is 10.8. The van der Waals surface area contributed by atoms with Crippen molar-refractivity contribution in [2.75, 3.05) is 13.2 Å². The van der Waals surface area contributed by atoms with E-state index in [1.807, 2.05) is 48.7 Å². The highest BCUT2D eigenvalue weighted by Crippen LogP contribution is 2.34. The molecule has 1 aliphatic carbocycles. The van der Waals surface area contributed by atoms with Crippen LogP contribution in [0.15, 0.2) is 36.4 Å². The molecule has 0 bridgehead atoms. The molecule has 2 fully saturated rings. The molecule has 1 saturated heterocycles. The zero-order valence-electron chi connectivity index (χ0n) is 18.3. The van der Waals surface area contributed by atoms with Gasteiger partial charge in [0, 0.05) is 23.5 Å². The van der Waals surface area contributed by atoms with E-state index in [0.717, 1.165) is 34.7 Å². The Labute approximate surface area is 186 Å². The predicted molar refractivity (Wildman–Crippen MR) is 116 cm³/mol. The number of carbonyl (C=O) groups is 4. The van der Waals surface area contributed by atoms with Crippen LogP contribution in [0.4, 0.5) is 4.79 Å². The first kappa shape index (κ1) is 21.8. The van der Waals surface area contributed by atoms with Crippen LogP contribution in [0.1, 0.15) is 53.0 Å². The Hall–Kier alpha value is -3.42. The van der Waals surface area contributed by atoms with Crippen LogP contribution >= 0.6 is 0 Å². The highest BCUT2D eigenvalue weighted by atomic mass is 16.5. The topological polar surface area (TPSA) is 97.7 Å². The van der Waals surface area contributed by atoms with Crippen molar-refractivity contribution in [3.05, 3.63) is 58.9 Å². The molecule has 168 valence electrons. The Morgan fingerprint density at radius 3 is 2.47 bits per heavy atom. The average Bonchev–Trinajstić information content (AvgIpc) is 3.42. The molecule has 1 N–H and O–H groups in total. The van der Waals surface area contributed by atoms with Crippen LogP contribution < -0.4 is 5.32 Å². The van der Waals surface area contributed by atoms with Crippen molar-refractivity contribution in [1.82, 2.24) is 14.8 Å². The second kappa shape index (κ2) is 8.61. The molecule has 2 heterocycles. The van der Waals surface area contributed by atoms with Crippen LogP contribution in [0.2, 0.25) is 0 Å². The van der Waals surface area contributed by atoms with Gasteiger partial charge in [-0.05, 0) is 38.3 Å². The number of Topliss-reactive ketones (excluding diaryl/α,β-unsaturated/α-hetero) is 1. The standard InChI is InChI=1S/C24H27N3O5/c1-16-12-19(17(2)26(16)13-18-8-4-3-5-9-18)20(28)15-32-21(29)14-27-22(30)24(25-23(27)31)10-6-7-11-24/h3-5,8-9,12H,6-7,10-11,13-15H2,1-2H3,(H,25,31). The average molecular weight is 437 g/mol. The molecule has 0 atom stereocenters. The van der Waals surface area contributed by atoms with Gasteiger partial charge in [-0.2, -0.15) is 0 Å². The maximum Gasteiger partial charge on any atom is 0.326 e. The summed E-state index contributed by atoms with van der Waals surface area (Å²) >= 11 is 0. The summed E-state index contributed by atoms with van der Waals surface area (Å²) in [5.74, 6) is -1.49. The number of esters is 1. The molecule has 1 aromatic carbocycles. The van der Waals surface area contributed by atoms with Crippen molar-refractivity contribution in [3.63, 3.8) is 0 Å². The maximum atomic E-state index is 12.7. The normalized spacial score (nSPS) is 17.1. The Bertz CT molecular complexity index is 1070. The van der Waals surface area contributed by atoms with Gasteiger partial charge in [0.25, 0.3) is 5.91 Å². The minimum atomic E-state index is -0.872.